The van der Waals surface area contributed by atoms with Crippen LogP contribution in [0.3, 0.4) is 0 Å². The monoisotopic (exact) mass is 233 g/mol. The predicted octanol–water partition coefficient (Wildman–Crippen LogP) is 1.77. The van der Waals surface area contributed by atoms with Crippen LogP contribution >= 0.6 is 0 Å². The molecule has 0 aliphatic heterocycles. The molecule has 0 heterocycles. The summed E-state index contributed by atoms with van der Waals surface area (Å²) in [6.07, 6.45) is 2.50. The number of hydrogen-bond donors (Lipinski definition) is 1. The Morgan fingerprint density at radius 2 is 1.94 bits per heavy atom. The second-order valence-corrected chi connectivity index (χ2v) is 4.81. The minimum Gasteiger partial charge on any atom is -0.497 e. The molecule has 1 aliphatic carbocycles. The Hall–Kier alpha value is -1.64. The van der Waals surface area contributed by atoms with Crippen LogP contribution in [-0.2, 0) is 10.3 Å². The number of methoxy groups -OCH3 is 1. The summed E-state index contributed by atoms with van der Waals surface area (Å²) in [5, 5.41) is 9.82. The van der Waals surface area contributed by atoms with Gasteiger partial charge in [-0.25, -0.2) is 4.79 Å². The summed E-state index contributed by atoms with van der Waals surface area (Å²) in [5.41, 5.74) is -0.453. The third-order valence-electron chi connectivity index (χ3n) is 3.23. The molecule has 17 heavy (non-hydrogen) atoms. The predicted molar refractivity (Wildman–Crippen MR) is 62.7 cm³/mol. The average Bonchev–Trinajstić information content (AvgIpc) is 2.27. The lowest BCUT2D eigenvalue weighted by molar-refractivity contribution is -0.0727. The van der Waals surface area contributed by atoms with Gasteiger partial charge in [-0.1, -0.05) is 12.1 Å². The number of benzene rings is 1. The highest BCUT2D eigenvalue weighted by atomic mass is 16.5. The van der Waals surface area contributed by atoms with Crippen molar-refractivity contribution < 1.29 is 14.6 Å². The molecule has 1 saturated carbocycles. The van der Waals surface area contributed by atoms with Crippen molar-refractivity contribution in [2.45, 2.75) is 30.9 Å². The number of hydrogen-bond acceptors (Lipinski definition) is 4. The molecule has 0 unspecified atom stereocenters. The van der Waals surface area contributed by atoms with E-state index in [1.807, 2.05) is 24.3 Å². The molecule has 0 aromatic heterocycles. The maximum atomic E-state index is 10.5. The SMILES string of the molecule is COc1ccc(C2(N=C=O)CC(C)(O)C2)cc1. The molecule has 0 saturated heterocycles. The van der Waals surface area contributed by atoms with Crippen molar-refractivity contribution in [3.63, 3.8) is 0 Å². The molecule has 0 spiro atoms. The van der Waals surface area contributed by atoms with Crippen molar-refractivity contribution in [3.8, 4) is 5.75 Å². The molecule has 1 N–H and O–H groups in total. The fourth-order valence-corrected chi connectivity index (χ4v) is 2.54. The van der Waals surface area contributed by atoms with Crippen LogP contribution in [0.2, 0.25) is 0 Å². The van der Waals surface area contributed by atoms with Crippen LogP contribution in [0.5, 0.6) is 5.75 Å². The van der Waals surface area contributed by atoms with Crippen molar-refractivity contribution in [1.29, 1.82) is 0 Å². The summed E-state index contributed by atoms with van der Waals surface area (Å²) in [7, 11) is 1.60. The van der Waals surface area contributed by atoms with Gasteiger partial charge in [0.05, 0.1) is 12.7 Å². The highest BCUT2D eigenvalue weighted by Gasteiger charge is 2.52. The molecule has 90 valence electrons. The van der Waals surface area contributed by atoms with Crippen LogP contribution < -0.4 is 4.74 Å². The quantitative estimate of drug-likeness (QED) is 0.639. The van der Waals surface area contributed by atoms with Gasteiger partial charge in [-0.3, -0.25) is 0 Å². The number of aliphatic imine (C=N–C) groups is 1. The van der Waals surface area contributed by atoms with Gasteiger partial charge in [-0.2, -0.15) is 4.99 Å². The van der Waals surface area contributed by atoms with Gasteiger partial charge in [-0.05, 0) is 24.6 Å². The molecule has 1 aromatic carbocycles. The molecule has 0 amide bonds. The Bertz CT molecular complexity index is 450. The fraction of sp³-hybridized carbons (Fsp3) is 0.462. The van der Waals surface area contributed by atoms with E-state index in [4.69, 9.17) is 4.74 Å². The first-order chi connectivity index (χ1) is 8.01. The Labute approximate surface area is 99.9 Å². The number of nitrogens with zero attached hydrogens (tertiary/aromatic N) is 1. The normalized spacial score (nSPS) is 31.2. The molecule has 1 fully saturated rings. The number of rotatable bonds is 3. The van der Waals surface area contributed by atoms with Gasteiger partial charge < -0.3 is 9.84 Å². The molecule has 4 heteroatoms. The van der Waals surface area contributed by atoms with Gasteiger partial charge in [0.15, 0.2) is 0 Å². The minimum absolute atomic E-state index is 0.446. The van der Waals surface area contributed by atoms with Crippen molar-refractivity contribution >= 4 is 6.08 Å². The standard InChI is InChI=1S/C13H15NO3/c1-12(16)7-13(8-12,14-9-15)10-3-5-11(17-2)6-4-10/h3-6,16H,7-8H2,1-2H3. The smallest absolute Gasteiger partial charge is 0.235 e. The van der Waals surface area contributed by atoms with E-state index in [9.17, 15) is 9.90 Å². The molecule has 2 rings (SSSR count). The molecule has 4 nitrogen and oxygen atoms in total. The molecule has 0 radical (unpaired) electrons. The van der Waals surface area contributed by atoms with E-state index in [0.29, 0.717) is 12.8 Å². The van der Waals surface area contributed by atoms with E-state index in [1.165, 1.54) is 0 Å². The molecular weight excluding hydrogens is 218 g/mol. The van der Waals surface area contributed by atoms with E-state index in [-0.39, 0.29) is 0 Å². The van der Waals surface area contributed by atoms with E-state index >= 15 is 0 Å². The van der Waals surface area contributed by atoms with Crippen molar-refractivity contribution in [3.05, 3.63) is 29.8 Å². The first-order valence-corrected chi connectivity index (χ1v) is 5.47. The van der Waals surface area contributed by atoms with E-state index < -0.39 is 11.1 Å². The van der Waals surface area contributed by atoms with E-state index in [0.717, 1.165) is 11.3 Å². The molecular formula is C13H15NO3. The molecule has 0 bridgehead atoms. The number of aliphatic hydroxyl groups is 1. The largest absolute Gasteiger partial charge is 0.497 e. The van der Waals surface area contributed by atoms with Crippen LogP contribution in [0, 0.1) is 0 Å². The second kappa shape index (κ2) is 3.99. The lowest BCUT2D eigenvalue weighted by Gasteiger charge is -2.48. The summed E-state index contributed by atoms with van der Waals surface area (Å²) in [6, 6.07) is 7.39. The van der Waals surface area contributed by atoms with Crippen LogP contribution in [0.4, 0.5) is 0 Å². The molecule has 1 aromatic rings. The van der Waals surface area contributed by atoms with Crippen LogP contribution in [0.25, 0.3) is 0 Å². The summed E-state index contributed by atoms with van der Waals surface area (Å²) >= 11 is 0. The van der Waals surface area contributed by atoms with Gasteiger partial charge in [0.25, 0.3) is 0 Å². The minimum atomic E-state index is -0.750. The van der Waals surface area contributed by atoms with Crippen molar-refractivity contribution in [1.82, 2.24) is 0 Å². The zero-order valence-corrected chi connectivity index (χ0v) is 9.93. The first-order valence-electron chi connectivity index (χ1n) is 5.47. The lowest BCUT2D eigenvalue weighted by atomic mass is 9.63. The van der Waals surface area contributed by atoms with Gasteiger partial charge >= 0.3 is 0 Å². The summed E-state index contributed by atoms with van der Waals surface area (Å²) in [4.78, 5) is 14.4. The Kier molecular flexibility index (Phi) is 2.77. The number of isocyanates is 1. The van der Waals surface area contributed by atoms with E-state index in [2.05, 4.69) is 4.99 Å². The first kappa shape index (κ1) is 11.8. The van der Waals surface area contributed by atoms with Gasteiger partial charge in [-0.15, -0.1) is 0 Å². The summed E-state index contributed by atoms with van der Waals surface area (Å²) in [6.45, 7) is 1.75. The third-order valence-corrected chi connectivity index (χ3v) is 3.23. The zero-order chi connectivity index (χ0) is 12.5. The van der Waals surface area contributed by atoms with Crippen molar-refractivity contribution in [2.24, 2.45) is 4.99 Å². The van der Waals surface area contributed by atoms with Crippen LogP contribution in [0.15, 0.2) is 29.3 Å². The van der Waals surface area contributed by atoms with Crippen molar-refractivity contribution in [2.75, 3.05) is 7.11 Å². The maximum Gasteiger partial charge on any atom is 0.235 e. The highest BCUT2D eigenvalue weighted by Crippen LogP contribution is 2.51. The summed E-state index contributed by atoms with van der Waals surface area (Å²) < 4.78 is 5.08. The Morgan fingerprint density at radius 1 is 1.35 bits per heavy atom. The number of ether oxygens (including phenoxy) is 1. The van der Waals surface area contributed by atoms with Crippen LogP contribution in [-0.4, -0.2) is 23.9 Å². The Morgan fingerprint density at radius 3 is 2.35 bits per heavy atom. The lowest BCUT2D eigenvalue weighted by Crippen LogP contribution is -2.51. The highest BCUT2D eigenvalue weighted by molar-refractivity contribution is 5.42. The summed E-state index contributed by atoms with van der Waals surface area (Å²) in [5.74, 6) is 0.755. The van der Waals surface area contributed by atoms with Crippen LogP contribution in [0.1, 0.15) is 25.3 Å². The van der Waals surface area contributed by atoms with E-state index in [1.54, 1.807) is 20.1 Å². The third kappa shape index (κ3) is 2.09. The van der Waals surface area contributed by atoms with Gasteiger partial charge in [0.2, 0.25) is 6.08 Å². The molecule has 1 aliphatic rings. The second-order valence-electron chi connectivity index (χ2n) is 4.81. The fourth-order valence-electron chi connectivity index (χ4n) is 2.54. The van der Waals surface area contributed by atoms with Gasteiger partial charge in [0, 0.05) is 12.8 Å². The maximum absolute atomic E-state index is 10.5. The molecule has 0 atom stereocenters. The average molecular weight is 233 g/mol. The Balaban J connectivity index is 2.31. The van der Waals surface area contributed by atoms with Gasteiger partial charge in [0.1, 0.15) is 11.3 Å². The topological polar surface area (TPSA) is 58.9 Å². The number of carbonyl (C=O) groups excluding carboxylic acids is 1. The zero-order valence-electron chi connectivity index (χ0n) is 9.93.